The van der Waals surface area contributed by atoms with Crippen LogP contribution in [0.4, 0.5) is 0 Å². The van der Waals surface area contributed by atoms with Gasteiger partial charge in [-0.25, -0.2) is 0 Å². The Morgan fingerprint density at radius 3 is 2.61 bits per heavy atom. The first kappa shape index (κ1) is 13.0. The van der Waals surface area contributed by atoms with Crippen LogP contribution in [-0.2, 0) is 11.3 Å². The summed E-state index contributed by atoms with van der Waals surface area (Å²) >= 11 is 0. The number of amides is 1. The van der Waals surface area contributed by atoms with Crippen molar-refractivity contribution in [2.24, 2.45) is 11.7 Å². The first-order valence-corrected chi connectivity index (χ1v) is 6.65. The highest BCUT2D eigenvalue weighted by Crippen LogP contribution is 2.25. The molecule has 0 spiro atoms. The number of nitrogens with one attached hydrogen (secondary N) is 1. The van der Waals surface area contributed by atoms with Gasteiger partial charge >= 0.3 is 0 Å². The average Bonchev–Trinajstić information content (AvgIpc) is 2.40. The third kappa shape index (κ3) is 4.11. The molecule has 0 bridgehead atoms. The molecule has 0 aromatic carbocycles. The summed E-state index contributed by atoms with van der Waals surface area (Å²) in [6.07, 6.45) is 8.41. The summed E-state index contributed by atoms with van der Waals surface area (Å²) in [5.74, 6) is 0.662. The third-order valence-electron chi connectivity index (χ3n) is 3.60. The second-order valence-electron chi connectivity index (χ2n) is 5.12. The summed E-state index contributed by atoms with van der Waals surface area (Å²) in [5.41, 5.74) is 6.94. The van der Waals surface area contributed by atoms with Crippen molar-refractivity contribution in [2.45, 2.75) is 44.7 Å². The Bertz CT molecular complexity index is 372. The van der Waals surface area contributed by atoms with Gasteiger partial charge in [0.15, 0.2) is 0 Å². The Morgan fingerprint density at radius 2 is 1.94 bits per heavy atom. The Labute approximate surface area is 108 Å². The molecule has 1 aromatic heterocycles. The molecule has 1 heterocycles. The van der Waals surface area contributed by atoms with E-state index in [-0.39, 0.29) is 5.91 Å². The monoisotopic (exact) mass is 247 g/mol. The molecule has 0 saturated heterocycles. The zero-order valence-electron chi connectivity index (χ0n) is 10.6. The second-order valence-corrected chi connectivity index (χ2v) is 5.12. The highest BCUT2D eigenvalue weighted by molar-refractivity contribution is 5.76. The number of nitrogens with zero attached hydrogens (tertiary/aromatic N) is 1. The van der Waals surface area contributed by atoms with Crippen LogP contribution in [0.1, 0.15) is 37.7 Å². The quantitative estimate of drug-likeness (QED) is 0.849. The lowest BCUT2D eigenvalue weighted by molar-refractivity contribution is -0.122. The summed E-state index contributed by atoms with van der Waals surface area (Å²) in [4.78, 5) is 15.8. The molecule has 1 aliphatic rings. The molecule has 0 radical (unpaired) electrons. The first-order valence-electron chi connectivity index (χ1n) is 6.65. The topological polar surface area (TPSA) is 68.0 Å². The zero-order valence-corrected chi connectivity index (χ0v) is 10.6. The van der Waals surface area contributed by atoms with Crippen LogP contribution in [-0.4, -0.2) is 16.9 Å². The largest absolute Gasteiger partial charge is 0.352 e. The molecule has 1 aromatic rings. The molecule has 1 aliphatic carbocycles. The molecular formula is C14H21N3O. The fraction of sp³-hybridized carbons (Fsp3) is 0.571. The van der Waals surface area contributed by atoms with E-state index in [0.717, 1.165) is 31.2 Å². The molecule has 0 unspecified atom stereocenters. The molecular weight excluding hydrogens is 226 g/mol. The van der Waals surface area contributed by atoms with Gasteiger partial charge in [-0.3, -0.25) is 9.78 Å². The van der Waals surface area contributed by atoms with E-state index in [1.165, 1.54) is 0 Å². The van der Waals surface area contributed by atoms with Gasteiger partial charge in [-0.2, -0.15) is 0 Å². The molecule has 0 atom stereocenters. The van der Waals surface area contributed by atoms with Crippen LogP contribution >= 0.6 is 0 Å². The van der Waals surface area contributed by atoms with Crippen LogP contribution in [0.25, 0.3) is 0 Å². The number of hydrogen-bond acceptors (Lipinski definition) is 3. The minimum absolute atomic E-state index is 0.146. The highest BCUT2D eigenvalue weighted by Gasteiger charge is 2.20. The number of carbonyl (C=O) groups is 1. The summed E-state index contributed by atoms with van der Waals surface area (Å²) in [6, 6.07) is 4.18. The zero-order chi connectivity index (χ0) is 12.8. The van der Waals surface area contributed by atoms with Gasteiger partial charge in [-0.15, -0.1) is 0 Å². The van der Waals surface area contributed by atoms with Gasteiger partial charge < -0.3 is 11.1 Å². The lowest BCUT2D eigenvalue weighted by Crippen LogP contribution is -2.30. The van der Waals surface area contributed by atoms with E-state index in [1.54, 1.807) is 12.4 Å². The maximum absolute atomic E-state index is 11.8. The van der Waals surface area contributed by atoms with Crippen molar-refractivity contribution in [3.05, 3.63) is 30.1 Å². The lowest BCUT2D eigenvalue weighted by Gasteiger charge is -2.25. The van der Waals surface area contributed by atoms with Crippen molar-refractivity contribution in [3.8, 4) is 0 Å². The van der Waals surface area contributed by atoms with Crippen LogP contribution in [0.2, 0.25) is 0 Å². The molecule has 1 fully saturated rings. The lowest BCUT2D eigenvalue weighted by atomic mass is 9.84. The van der Waals surface area contributed by atoms with E-state index < -0.39 is 0 Å². The molecule has 4 heteroatoms. The van der Waals surface area contributed by atoms with Crippen molar-refractivity contribution in [2.75, 3.05) is 0 Å². The number of hydrogen-bond donors (Lipinski definition) is 2. The molecule has 4 nitrogen and oxygen atoms in total. The fourth-order valence-corrected chi connectivity index (χ4v) is 2.43. The first-order chi connectivity index (χ1) is 8.74. The van der Waals surface area contributed by atoms with Crippen molar-refractivity contribution in [3.63, 3.8) is 0 Å². The van der Waals surface area contributed by atoms with E-state index in [1.807, 2.05) is 12.1 Å². The van der Waals surface area contributed by atoms with Gasteiger partial charge in [0.2, 0.25) is 5.91 Å². The molecule has 1 saturated carbocycles. The number of aromatic nitrogens is 1. The van der Waals surface area contributed by atoms with Crippen molar-refractivity contribution >= 4 is 5.91 Å². The van der Waals surface area contributed by atoms with Gasteiger partial charge in [0.25, 0.3) is 0 Å². The average molecular weight is 247 g/mol. The van der Waals surface area contributed by atoms with Gasteiger partial charge in [-0.1, -0.05) is 0 Å². The number of carbonyl (C=O) groups excluding carboxylic acids is 1. The smallest absolute Gasteiger partial charge is 0.220 e. The normalized spacial score (nSPS) is 23.6. The predicted octanol–water partition coefficient (Wildman–Crippen LogP) is 1.61. The van der Waals surface area contributed by atoms with Crippen LogP contribution in [0.5, 0.6) is 0 Å². The molecule has 0 aliphatic heterocycles. The van der Waals surface area contributed by atoms with E-state index >= 15 is 0 Å². The van der Waals surface area contributed by atoms with Crippen molar-refractivity contribution in [1.29, 1.82) is 0 Å². The predicted molar refractivity (Wildman–Crippen MR) is 70.6 cm³/mol. The van der Waals surface area contributed by atoms with E-state index in [2.05, 4.69) is 10.3 Å². The minimum Gasteiger partial charge on any atom is -0.352 e. The van der Waals surface area contributed by atoms with E-state index in [0.29, 0.717) is 24.9 Å². The summed E-state index contributed by atoms with van der Waals surface area (Å²) in [5, 5.41) is 2.96. The molecule has 2 rings (SSSR count). The van der Waals surface area contributed by atoms with Crippen LogP contribution in [0.15, 0.2) is 24.5 Å². The highest BCUT2D eigenvalue weighted by atomic mass is 16.1. The van der Waals surface area contributed by atoms with Gasteiger partial charge in [0.1, 0.15) is 0 Å². The maximum Gasteiger partial charge on any atom is 0.220 e. The second kappa shape index (κ2) is 6.50. The fourth-order valence-electron chi connectivity index (χ4n) is 2.43. The number of rotatable bonds is 4. The Kier molecular flexibility index (Phi) is 4.70. The maximum atomic E-state index is 11.8. The van der Waals surface area contributed by atoms with Gasteiger partial charge in [0.05, 0.1) is 0 Å². The van der Waals surface area contributed by atoms with Crippen LogP contribution in [0.3, 0.4) is 0 Å². The number of pyridine rings is 1. The SMILES string of the molecule is NC1CCC(CC(=O)NCc2ccncc2)CC1. The standard InChI is InChI=1S/C14H21N3O/c15-13-3-1-11(2-4-13)9-14(18)17-10-12-5-7-16-8-6-12/h5-8,11,13H,1-4,9-10,15H2,(H,17,18). The van der Waals surface area contributed by atoms with Crippen LogP contribution in [0, 0.1) is 5.92 Å². The summed E-state index contributed by atoms with van der Waals surface area (Å²) < 4.78 is 0. The number of nitrogens with two attached hydrogens (primary N) is 1. The Morgan fingerprint density at radius 1 is 1.28 bits per heavy atom. The molecule has 18 heavy (non-hydrogen) atoms. The van der Waals surface area contributed by atoms with E-state index in [9.17, 15) is 4.79 Å². The summed E-state index contributed by atoms with van der Waals surface area (Å²) in [6.45, 7) is 0.591. The van der Waals surface area contributed by atoms with E-state index in [4.69, 9.17) is 5.73 Å². The molecule has 3 N–H and O–H groups in total. The molecule has 98 valence electrons. The Balaban J connectivity index is 1.69. The summed E-state index contributed by atoms with van der Waals surface area (Å²) in [7, 11) is 0. The van der Waals surface area contributed by atoms with Crippen molar-refractivity contribution < 1.29 is 4.79 Å². The Hall–Kier alpha value is -1.42. The third-order valence-corrected chi connectivity index (χ3v) is 3.60. The van der Waals surface area contributed by atoms with Crippen molar-refractivity contribution in [1.82, 2.24) is 10.3 Å². The minimum atomic E-state index is 0.146. The van der Waals surface area contributed by atoms with Gasteiger partial charge in [0, 0.05) is 31.4 Å². The molecule has 1 amide bonds. The van der Waals surface area contributed by atoms with Crippen LogP contribution < -0.4 is 11.1 Å². The van der Waals surface area contributed by atoms with Gasteiger partial charge in [-0.05, 0) is 49.3 Å².